The summed E-state index contributed by atoms with van der Waals surface area (Å²) in [4.78, 5) is 22.1. The van der Waals surface area contributed by atoms with Crippen molar-refractivity contribution in [3.63, 3.8) is 0 Å². The summed E-state index contributed by atoms with van der Waals surface area (Å²) in [7, 11) is 0. The molecule has 1 aromatic rings. The van der Waals surface area contributed by atoms with Crippen LogP contribution >= 0.6 is 12.6 Å². The van der Waals surface area contributed by atoms with Crippen molar-refractivity contribution in [2.45, 2.75) is 44.8 Å². The molecule has 1 amide bonds. The minimum atomic E-state index is -0.866. The zero-order valence-corrected chi connectivity index (χ0v) is 14.8. The number of ether oxygens (including phenoxy) is 1. The normalized spacial score (nSPS) is 11.9. The molecular weight excluding hydrogens is 332 g/mol. The van der Waals surface area contributed by atoms with Crippen molar-refractivity contribution >= 4 is 30.2 Å². The quantitative estimate of drug-likeness (QED) is 0.269. The number of nitrogens with zero attached hydrogens (tertiary/aromatic N) is 3. The number of aliphatic carboxylic acids is 1. The third-order valence-electron chi connectivity index (χ3n) is 2.74. The van der Waals surface area contributed by atoms with Gasteiger partial charge in [-0.2, -0.15) is 17.7 Å². The maximum Gasteiger partial charge on any atom is 0.303 e. The summed E-state index contributed by atoms with van der Waals surface area (Å²) in [5, 5.41) is 20.3. The first-order valence-electron chi connectivity index (χ1n) is 7.41. The smallest absolute Gasteiger partial charge is 0.303 e. The molecule has 1 heterocycles. The summed E-state index contributed by atoms with van der Waals surface area (Å²) in [6, 6.07) is 3.27. The zero-order valence-electron chi connectivity index (χ0n) is 13.9. The Hall–Kier alpha value is -2.16. The van der Waals surface area contributed by atoms with E-state index in [1.807, 2.05) is 13.8 Å². The molecule has 1 rings (SSSR count). The molecule has 0 aliphatic heterocycles. The van der Waals surface area contributed by atoms with Gasteiger partial charge < -0.3 is 9.84 Å². The van der Waals surface area contributed by atoms with Gasteiger partial charge in [0.25, 0.3) is 0 Å². The monoisotopic (exact) mass is 354 g/mol. The second-order valence-electron chi connectivity index (χ2n) is 5.82. The number of aromatic nitrogens is 2. The minimum Gasteiger partial charge on any atom is -0.481 e. The fourth-order valence-electron chi connectivity index (χ4n) is 1.63. The van der Waals surface area contributed by atoms with Gasteiger partial charge in [-0.3, -0.25) is 9.59 Å². The molecule has 0 spiro atoms. The Labute approximate surface area is 146 Å². The maximum absolute atomic E-state index is 11.7. The van der Waals surface area contributed by atoms with E-state index < -0.39 is 10.7 Å². The van der Waals surface area contributed by atoms with Gasteiger partial charge in [-0.05, 0) is 19.4 Å². The lowest BCUT2D eigenvalue weighted by atomic mass is 10.1. The number of rotatable bonds is 9. The number of hydrogen-bond donors (Lipinski definition) is 3. The second kappa shape index (κ2) is 9.21. The molecule has 1 aromatic heterocycles. The largest absolute Gasteiger partial charge is 0.481 e. The number of hydrazone groups is 1. The molecular formula is C15H22N4O4S. The Kier molecular flexibility index (Phi) is 7.63. The zero-order chi connectivity index (χ0) is 18.2. The van der Waals surface area contributed by atoms with Crippen LogP contribution in [-0.4, -0.2) is 44.2 Å². The van der Waals surface area contributed by atoms with E-state index in [0.29, 0.717) is 23.7 Å². The summed E-state index contributed by atoms with van der Waals surface area (Å²) in [5.41, 5.74) is 3.45. The van der Waals surface area contributed by atoms with Gasteiger partial charge in [0.05, 0.1) is 12.3 Å². The number of carbonyl (C=O) groups excluding carboxylic acids is 1. The Morgan fingerprint density at radius 1 is 1.38 bits per heavy atom. The Morgan fingerprint density at radius 3 is 2.62 bits per heavy atom. The summed E-state index contributed by atoms with van der Waals surface area (Å²) >= 11 is 4.29. The summed E-state index contributed by atoms with van der Waals surface area (Å²) in [6.45, 7) is 5.63. The number of amides is 1. The SMILES string of the molecule is C/C(=N/NC(=O)CC(C)(C)S)c1ccc(OCCCC(=O)O)nn1. The van der Waals surface area contributed by atoms with Gasteiger partial charge in [0, 0.05) is 23.7 Å². The first-order valence-corrected chi connectivity index (χ1v) is 7.86. The van der Waals surface area contributed by atoms with Gasteiger partial charge in [0.1, 0.15) is 5.69 Å². The van der Waals surface area contributed by atoms with Crippen LogP contribution in [0.4, 0.5) is 0 Å². The predicted octanol–water partition coefficient (Wildman–Crippen LogP) is 1.66. The van der Waals surface area contributed by atoms with E-state index in [0.717, 1.165) is 0 Å². The number of carboxylic acids is 1. The van der Waals surface area contributed by atoms with E-state index in [2.05, 4.69) is 33.4 Å². The van der Waals surface area contributed by atoms with Crippen molar-refractivity contribution in [1.29, 1.82) is 0 Å². The first-order chi connectivity index (χ1) is 11.2. The molecule has 0 unspecified atom stereocenters. The average Bonchev–Trinajstić information content (AvgIpc) is 2.48. The van der Waals surface area contributed by atoms with Crippen LogP contribution in [0.15, 0.2) is 17.2 Å². The van der Waals surface area contributed by atoms with Crippen LogP contribution in [0.2, 0.25) is 0 Å². The van der Waals surface area contributed by atoms with Crippen molar-refractivity contribution in [3.8, 4) is 5.88 Å². The van der Waals surface area contributed by atoms with Crippen LogP contribution in [0.25, 0.3) is 0 Å². The molecule has 0 aliphatic carbocycles. The van der Waals surface area contributed by atoms with Crippen LogP contribution in [-0.2, 0) is 9.59 Å². The molecule has 0 bridgehead atoms. The molecule has 0 aromatic carbocycles. The Morgan fingerprint density at radius 2 is 2.08 bits per heavy atom. The van der Waals surface area contributed by atoms with Gasteiger partial charge in [-0.25, -0.2) is 5.43 Å². The molecule has 0 atom stereocenters. The van der Waals surface area contributed by atoms with Crippen LogP contribution in [0.3, 0.4) is 0 Å². The average molecular weight is 354 g/mol. The van der Waals surface area contributed by atoms with Crippen molar-refractivity contribution in [2.24, 2.45) is 5.10 Å². The highest BCUT2D eigenvalue weighted by Gasteiger charge is 2.16. The van der Waals surface area contributed by atoms with E-state index in [9.17, 15) is 9.59 Å². The van der Waals surface area contributed by atoms with E-state index in [4.69, 9.17) is 9.84 Å². The van der Waals surface area contributed by atoms with E-state index in [1.165, 1.54) is 0 Å². The number of thiol groups is 1. The standard InChI is InChI=1S/C15H22N4O4S/c1-10(16-18-12(20)9-15(2,3)24)11-6-7-13(19-17-11)23-8-4-5-14(21)22/h6-7,24H,4-5,8-9H2,1-3H3,(H,18,20)(H,21,22)/b16-10-. The molecule has 0 saturated heterocycles. The maximum atomic E-state index is 11.7. The van der Waals surface area contributed by atoms with Crippen LogP contribution in [0.1, 0.15) is 45.7 Å². The van der Waals surface area contributed by atoms with Crippen LogP contribution in [0.5, 0.6) is 5.88 Å². The molecule has 0 radical (unpaired) electrons. The highest BCUT2D eigenvalue weighted by atomic mass is 32.1. The van der Waals surface area contributed by atoms with Gasteiger partial charge in [0.2, 0.25) is 11.8 Å². The highest BCUT2D eigenvalue weighted by Crippen LogP contribution is 2.16. The molecule has 0 aliphatic rings. The van der Waals surface area contributed by atoms with Crippen molar-refractivity contribution in [1.82, 2.24) is 15.6 Å². The van der Waals surface area contributed by atoms with Gasteiger partial charge in [-0.1, -0.05) is 13.8 Å². The number of carboxylic acid groups (broad SMARTS) is 1. The molecule has 0 fully saturated rings. The summed E-state index contributed by atoms with van der Waals surface area (Å²) in [6.07, 6.45) is 0.675. The molecule has 9 heteroatoms. The first kappa shape index (κ1) is 19.9. The third-order valence-corrected chi connectivity index (χ3v) is 2.90. The molecule has 24 heavy (non-hydrogen) atoms. The van der Waals surface area contributed by atoms with Crippen molar-refractivity contribution < 1.29 is 19.4 Å². The third kappa shape index (κ3) is 8.47. The summed E-state index contributed by atoms with van der Waals surface area (Å²) < 4.78 is 4.88. The number of hydrogen-bond acceptors (Lipinski definition) is 7. The van der Waals surface area contributed by atoms with E-state index >= 15 is 0 Å². The van der Waals surface area contributed by atoms with E-state index in [-0.39, 0.29) is 25.4 Å². The molecule has 8 nitrogen and oxygen atoms in total. The van der Waals surface area contributed by atoms with Crippen LogP contribution < -0.4 is 10.2 Å². The topological polar surface area (TPSA) is 114 Å². The van der Waals surface area contributed by atoms with Gasteiger partial charge >= 0.3 is 5.97 Å². The molecule has 132 valence electrons. The summed E-state index contributed by atoms with van der Waals surface area (Å²) in [5.74, 6) is -0.797. The second-order valence-corrected chi connectivity index (χ2v) is 7.03. The minimum absolute atomic E-state index is 0.0417. The number of nitrogens with one attached hydrogen (secondary N) is 1. The van der Waals surface area contributed by atoms with Gasteiger partial charge in [-0.15, -0.1) is 10.2 Å². The Bertz CT molecular complexity index is 596. The lowest BCUT2D eigenvalue weighted by molar-refractivity contribution is -0.137. The number of carbonyl (C=O) groups is 2. The van der Waals surface area contributed by atoms with E-state index in [1.54, 1.807) is 19.1 Å². The molecule has 2 N–H and O–H groups in total. The lowest BCUT2D eigenvalue weighted by Gasteiger charge is -2.15. The van der Waals surface area contributed by atoms with Crippen molar-refractivity contribution in [2.75, 3.05) is 6.61 Å². The lowest BCUT2D eigenvalue weighted by Crippen LogP contribution is -2.26. The van der Waals surface area contributed by atoms with Crippen molar-refractivity contribution in [3.05, 3.63) is 17.8 Å². The Balaban J connectivity index is 2.50. The highest BCUT2D eigenvalue weighted by molar-refractivity contribution is 7.81. The fraction of sp³-hybridized carbons (Fsp3) is 0.533. The van der Waals surface area contributed by atoms with Gasteiger partial charge in [0.15, 0.2) is 0 Å². The predicted molar refractivity (Wildman–Crippen MR) is 92.4 cm³/mol. The molecule has 0 saturated carbocycles. The fourth-order valence-corrected chi connectivity index (χ4v) is 1.77. The van der Waals surface area contributed by atoms with Crippen LogP contribution in [0, 0.1) is 0 Å².